The molecule has 0 unspecified atom stereocenters. The summed E-state index contributed by atoms with van der Waals surface area (Å²) in [6.45, 7) is 1.18. The zero-order valence-electron chi connectivity index (χ0n) is 15.0. The molecule has 0 atom stereocenters. The standard InChI is InChI=1S/C20H21NO6/c1-24-16-4-2-3-15(12-16)20(23)27-13-19(22)21-8-7-14-5-6-17-18(11-14)26-10-9-25-17/h2-6,11-12H,7-10,13H2,1H3,(H,21,22). The largest absolute Gasteiger partial charge is 0.497 e. The number of fused-ring (bicyclic) bond motifs is 1. The number of ether oxygens (including phenoxy) is 4. The Hall–Kier alpha value is -3.22. The average molecular weight is 371 g/mol. The summed E-state index contributed by atoms with van der Waals surface area (Å²) in [5.41, 5.74) is 1.35. The molecule has 0 spiro atoms. The fourth-order valence-electron chi connectivity index (χ4n) is 2.61. The highest BCUT2D eigenvalue weighted by Crippen LogP contribution is 2.30. The molecule has 0 aliphatic carbocycles. The van der Waals surface area contributed by atoms with Gasteiger partial charge in [0.25, 0.3) is 5.91 Å². The Labute approximate surface area is 157 Å². The van der Waals surface area contributed by atoms with Gasteiger partial charge in [-0.15, -0.1) is 0 Å². The zero-order valence-corrected chi connectivity index (χ0v) is 15.0. The summed E-state index contributed by atoms with van der Waals surface area (Å²) in [6, 6.07) is 12.3. The van der Waals surface area contributed by atoms with E-state index in [1.54, 1.807) is 24.3 Å². The van der Waals surface area contributed by atoms with Gasteiger partial charge in [0.15, 0.2) is 18.1 Å². The van der Waals surface area contributed by atoms with Crippen LogP contribution in [0.15, 0.2) is 42.5 Å². The van der Waals surface area contributed by atoms with Crippen molar-refractivity contribution in [3.8, 4) is 17.2 Å². The Kier molecular flexibility index (Phi) is 6.14. The Morgan fingerprint density at radius 3 is 2.70 bits per heavy atom. The SMILES string of the molecule is COc1cccc(C(=O)OCC(=O)NCCc2ccc3c(c2)OCCO3)c1. The number of rotatable bonds is 7. The normalized spacial score (nSPS) is 12.2. The number of amides is 1. The van der Waals surface area contributed by atoms with Gasteiger partial charge in [0, 0.05) is 6.54 Å². The van der Waals surface area contributed by atoms with Crippen LogP contribution in [-0.4, -0.2) is 45.4 Å². The van der Waals surface area contributed by atoms with Gasteiger partial charge in [-0.05, 0) is 42.3 Å². The van der Waals surface area contributed by atoms with E-state index in [4.69, 9.17) is 18.9 Å². The lowest BCUT2D eigenvalue weighted by atomic mass is 10.1. The molecule has 7 nitrogen and oxygen atoms in total. The number of nitrogens with one attached hydrogen (secondary N) is 1. The predicted molar refractivity (Wildman–Crippen MR) is 97.4 cm³/mol. The van der Waals surface area contributed by atoms with Gasteiger partial charge in [-0.25, -0.2) is 4.79 Å². The zero-order chi connectivity index (χ0) is 19.1. The molecule has 0 radical (unpaired) electrons. The lowest BCUT2D eigenvalue weighted by molar-refractivity contribution is -0.124. The molecule has 7 heteroatoms. The third-order valence-corrected chi connectivity index (χ3v) is 3.98. The second-order valence-electron chi connectivity index (χ2n) is 5.89. The number of hydrogen-bond acceptors (Lipinski definition) is 6. The summed E-state index contributed by atoms with van der Waals surface area (Å²) in [6.07, 6.45) is 0.631. The van der Waals surface area contributed by atoms with E-state index in [1.165, 1.54) is 7.11 Å². The molecule has 1 amide bonds. The minimum absolute atomic E-state index is 0.332. The smallest absolute Gasteiger partial charge is 0.338 e. The van der Waals surface area contributed by atoms with Gasteiger partial charge in [-0.2, -0.15) is 0 Å². The van der Waals surface area contributed by atoms with E-state index >= 15 is 0 Å². The van der Waals surface area contributed by atoms with Crippen molar-refractivity contribution < 1.29 is 28.5 Å². The fraction of sp³-hybridized carbons (Fsp3) is 0.300. The number of benzene rings is 2. The number of hydrogen-bond donors (Lipinski definition) is 1. The van der Waals surface area contributed by atoms with Crippen LogP contribution in [0.4, 0.5) is 0 Å². The molecule has 0 bridgehead atoms. The van der Waals surface area contributed by atoms with E-state index in [0.29, 0.717) is 37.5 Å². The van der Waals surface area contributed by atoms with Crippen molar-refractivity contribution in [3.63, 3.8) is 0 Å². The Morgan fingerprint density at radius 2 is 1.89 bits per heavy atom. The summed E-state index contributed by atoms with van der Waals surface area (Å²) < 4.78 is 21.1. The average Bonchev–Trinajstić information content (AvgIpc) is 2.72. The molecule has 0 saturated carbocycles. The lowest BCUT2D eigenvalue weighted by Crippen LogP contribution is -2.30. The van der Waals surface area contributed by atoms with Gasteiger partial charge in [-0.3, -0.25) is 4.79 Å². The van der Waals surface area contributed by atoms with Crippen LogP contribution in [0.1, 0.15) is 15.9 Å². The van der Waals surface area contributed by atoms with Gasteiger partial charge in [0.1, 0.15) is 19.0 Å². The fourth-order valence-corrected chi connectivity index (χ4v) is 2.61. The van der Waals surface area contributed by atoms with E-state index < -0.39 is 5.97 Å². The molecular weight excluding hydrogens is 350 g/mol. The topological polar surface area (TPSA) is 83.1 Å². The predicted octanol–water partition coefficient (Wildman–Crippen LogP) is 1.98. The van der Waals surface area contributed by atoms with Gasteiger partial charge < -0.3 is 24.3 Å². The summed E-state index contributed by atoms with van der Waals surface area (Å²) in [5.74, 6) is 1.07. The molecule has 142 valence electrons. The van der Waals surface area contributed by atoms with Crippen molar-refractivity contribution in [1.29, 1.82) is 0 Å². The molecule has 0 fully saturated rings. The van der Waals surface area contributed by atoms with Crippen molar-refractivity contribution in [2.24, 2.45) is 0 Å². The van der Waals surface area contributed by atoms with Crippen molar-refractivity contribution >= 4 is 11.9 Å². The van der Waals surface area contributed by atoms with Crippen LogP contribution in [-0.2, 0) is 16.0 Å². The maximum atomic E-state index is 12.0. The second-order valence-corrected chi connectivity index (χ2v) is 5.89. The van der Waals surface area contributed by atoms with Crippen molar-refractivity contribution in [3.05, 3.63) is 53.6 Å². The minimum Gasteiger partial charge on any atom is -0.497 e. The highest BCUT2D eigenvalue weighted by atomic mass is 16.6. The molecule has 2 aromatic rings. The third-order valence-electron chi connectivity index (χ3n) is 3.98. The van der Waals surface area contributed by atoms with E-state index in [0.717, 1.165) is 17.1 Å². The molecule has 1 aliphatic heterocycles. The van der Waals surface area contributed by atoms with Gasteiger partial charge in [0.2, 0.25) is 0 Å². The van der Waals surface area contributed by atoms with Crippen LogP contribution in [0.5, 0.6) is 17.2 Å². The Bertz CT molecular complexity index is 820. The molecular formula is C20H21NO6. The van der Waals surface area contributed by atoms with E-state index in [1.807, 2.05) is 18.2 Å². The maximum absolute atomic E-state index is 12.0. The number of carbonyl (C=O) groups excluding carboxylic acids is 2. The van der Waals surface area contributed by atoms with Gasteiger partial charge >= 0.3 is 5.97 Å². The van der Waals surface area contributed by atoms with Crippen LogP contribution in [0, 0.1) is 0 Å². The third kappa shape index (κ3) is 5.13. The van der Waals surface area contributed by atoms with Crippen LogP contribution in [0.2, 0.25) is 0 Å². The van der Waals surface area contributed by atoms with E-state index in [2.05, 4.69) is 5.32 Å². The molecule has 2 aromatic carbocycles. The first-order valence-electron chi connectivity index (χ1n) is 8.62. The highest BCUT2D eigenvalue weighted by molar-refractivity contribution is 5.91. The first-order valence-corrected chi connectivity index (χ1v) is 8.62. The molecule has 0 aromatic heterocycles. The molecule has 1 N–H and O–H groups in total. The summed E-state index contributed by atoms with van der Waals surface area (Å²) in [5, 5.41) is 2.73. The van der Waals surface area contributed by atoms with Crippen molar-refractivity contribution in [2.45, 2.75) is 6.42 Å². The molecule has 0 saturated heterocycles. The minimum atomic E-state index is -0.573. The van der Waals surface area contributed by atoms with E-state index in [-0.39, 0.29) is 12.5 Å². The van der Waals surface area contributed by atoms with Crippen LogP contribution in [0.3, 0.4) is 0 Å². The van der Waals surface area contributed by atoms with Crippen molar-refractivity contribution in [2.75, 3.05) is 33.5 Å². The summed E-state index contributed by atoms with van der Waals surface area (Å²) >= 11 is 0. The molecule has 1 aliphatic rings. The quantitative estimate of drug-likeness (QED) is 0.750. The summed E-state index contributed by atoms with van der Waals surface area (Å²) in [4.78, 5) is 23.8. The molecule has 3 rings (SSSR count). The Balaban J connectivity index is 1.41. The highest BCUT2D eigenvalue weighted by Gasteiger charge is 2.13. The van der Waals surface area contributed by atoms with Crippen LogP contribution >= 0.6 is 0 Å². The number of esters is 1. The molecule has 1 heterocycles. The van der Waals surface area contributed by atoms with E-state index in [9.17, 15) is 9.59 Å². The number of carbonyl (C=O) groups is 2. The molecule has 27 heavy (non-hydrogen) atoms. The van der Waals surface area contributed by atoms with Crippen molar-refractivity contribution in [1.82, 2.24) is 5.32 Å². The van der Waals surface area contributed by atoms with Crippen LogP contribution < -0.4 is 19.5 Å². The van der Waals surface area contributed by atoms with Gasteiger partial charge in [-0.1, -0.05) is 12.1 Å². The Morgan fingerprint density at radius 1 is 1.07 bits per heavy atom. The number of methoxy groups -OCH3 is 1. The van der Waals surface area contributed by atoms with Gasteiger partial charge in [0.05, 0.1) is 12.7 Å². The second kappa shape index (κ2) is 8.93. The van der Waals surface area contributed by atoms with Crippen LogP contribution in [0.25, 0.3) is 0 Å². The first-order chi connectivity index (χ1) is 13.2. The summed E-state index contributed by atoms with van der Waals surface area (Å²) in [7, 11) is 1.51. The lowest BCUT2D eigenvalue weighted by Gasteiger charge is -2.18. The monoisotopic (exact) mass is 371 g/mol. The first kappa shape index (κ1) is 18.6. The maximum Gasteiger partial charge on any atom is 0.338 e.